The number of carbonyl (C=O) groups is 1. The van der Waals surface area contributed by atoms with Crippen molar-refractivity contribution in [3.8, 4) is 11.5 Å². The summed E-state index contributed by atoms with van der Waals surface area (Å²) in [5.41, 5.74) is 2.14. The Bertz CT molecular complexity index is 893. The highest BCUT2D eigenvalue weighted by molar-refractivity contribution is 5.80. The second-order valence-corrected chi connectivity index (χ2v) is 7.71. The van der Waals surface area contributed by atoms with Gasteiger partial charge in [0.2, 0.25) is 0 Å². The molecule has 1 aliphatic rings. The highest BCUT2D eigenvalue weighted by atomic mass is 16.5. The number of guanidine groups is 1. The van der Waals surface area contributed by atoms with Crippen LogP contribution in [0.1, 0.15) is 30.9 Å². The van der Waals surface area contributed by atoms with Crippen LogP contribution >= 0.6 is 0 Å². The maximum atomic E-state index is 11.8. The number of carbonyl (C=O) groups excluding carboxylic acids is 1. The van der Waals surface area contributed by atoms with E-state index in [2.05, 4.69) is 17.1 Å². The number of rotatable bonds is 8. The molecule has 0 aliphatic carbocycles. The Balaban J connectivity index is 1.63. The summed E-state index contributed by atoms with van der Waals surface area (Å²) >= 11 is 0. The number of ether oxygens (including phenoxy) is 3. The van der Waals surface area contributed by atoms with E-state index >= 15 is 0 Å². The third-order valence-electron chi connectivity index (χ3n) is 5.54. The van der Waals surface area contributed by atoms with Crippen LogP contribution in [0.15, 0.2) is 53.5 Å². The molecule has 1 fully saturated rings. The van der Waals surface area contributed by atoms with Crippen LogP contribution in [0.25, 0.3) is 0 Å². The average molecular weight is 440 g/mol. The van der Waals surface area contributed by atoms with E-state index in [0.29, 0.717) is 24.7 Å². The summed E-state index contributed by atoms with van der Waals surface area (Å²) in [4.78, 5) is 18.8. The number of nitrogens with one attached hydrogen (secondary N) is 1. The topological polar surface area (TPSA) is 72.4 Å². The van der Waals surface area contributed by atoms with E-state index in [1.54, 1.807) is 7.11 Å². The molecule has 0 bridgehead atoms. The van der Waals surface area contributed by atoms with E-state index in [0.717, 1.165) is 49.6 Å². The third kappa shape index (κ3) is 6.39. The minimum absolute atomic E-state index is 0.0215. The summed E-state index contributed by atoms with van der Waals surface area (Å²) in [5.74, 6) is 2.12. The maximum Gasteiger partial charge on any atom is 0.308 e. The van der Waals surface area contributed by atoms with Crippen molar-refractivity contribution in [2.75, 3.05) is 33.9 Å². The van der Waals surface area contributed by atoms with E-state index in [-0.39, 0.29) is 11.9 Å². The Morgan fingerprint density at radius 3 is 2.47 bits per heavy atom. The zero-order valence-corrected chi connectivity index (χ0v) is 19.2. The number of hydrogen-bond donors (Lipinski definition) is 1. The van der Waals surface area contributed by atoms with Gasteiger partial charge in [-0.3, -0.25) is 4.79 Å². The molecule has 0 atom stereocenters. The molecule has 172 valence electrons. The van der Waals surface area contributed by atoms with Gasteiger partial charge in [0.15, 0.2) is 17.5 Å². The summed E-state index contributed by atoms with van der Waals surface area (Å²) in [6, 6.07) is 16.0. The molecule has 0 spiro atoms. The van der Waals surface area contributed by atoms with Crippen molar-refractivity contribution in [3.63, 3.8) is 0 Å². The fourth-order valence-electron chi connectivity index (χ4n) is 3.75. The third-order valence-corrected chi connectivity index (χ3v) is 5.54. The lowest BCUT2D eigenvalue weighted by Crippen LogP contribution is -2.46. The van der Waals surface area contributed by atoms with Gasteiger partial charge < -0.3 is 24.4 Å². The number of benzene rings is 2. The van der Waals surface area contributed by atoms with Crippen molar-refractivity contribution >= 4 is 11.9 Å². The Kier molecular flexibility index (Phi) is 8.78. The molecule has 0 aromatic heterocycles. The van der Waals surface area contributed by atoms with E-state index in [4.69, 9.17) is 19.2 Å². The molecule has 2 aromatic carbocycles. The monoisotopic (exact) mass is 439 g/mol. The molecule has 1 saturated heterocycles. The number of piperidine rings is 1. The van der Waals surface area contributed by atoms with Crippen LogP contribution in [-0.2, 0) is 22.7 Å². The van der Waals surface area contributed by atoms with E-state index in [1.165, 1.54) is 7.11 Å². The van der Waals surface area contributed by atoms with Gasteiger partial charge in [0, 0.05) is 19.6 Å². The fraction of sp³-hybridized carbons (Fsp3) is 0.440. The molecule has 7 heteroatoms. The van der Waals surface area contributed by atoms with Crippen LogP contribution in [0, 0.1) is 5.92 Å². The van der Waals surface area contributed by atoms with Gasteiger partial charge in [-0.25, -0.2) is 4.99 Å². The Morgan fingerprint density at radius 1 is 1.06 bits per heavy atom. The van der Waals surface area contributed by atoms with Crippen molar-refractivity contribution in [2.45, 2.75) is 32.9 Å². The van der Waals surface area contributed by atoms with Gasteiger partial charge in [0.05, 0.1) is 26.7 Å². The number of methoxy groups -OCH3 is 2. The van der Waals surface area contributed by atoms with Crippen molar-refractivity contribution in [1.29, 1.82) is 0 Å². The Labute approximate surface area is 190 Å². The van der Waals surface area contributed by atoms with Crippen LogP contribution < -0.4 is 14.8 Å². The number of likely N-dealkylation sites (tertiary alicyclic amines) is 1. The smallest absolute Gasteiger partial charge is 0.308 e. The lowest BCUT2D eigenvalue weighted by molar-refractivity contribution is -0.146. The molecule has 0 radical (unpaired) electrons. The lowest BCUT2D eigenvalue weighted by atomic mass is 9.97. The Hall–Kier alpha value is -3.22. The first kappa shape index (κ1) is 23.4. The predicted molar refractivity (Wildman–Crippen MR) is 125 cm³/mol. The predicted octanol–water partition coefficient (Wildman–Crippen LogP) is 3.62. The van der Waals surface area contributed by atoms with Crippen molar-refractivity contribution in [1.82, 2.24) is 10.2 Å². The summed E-state index contributed by atoms with van der Waals surface area (Å²) in [7, 11) is 3.10. The zero-order valence-electron chi connectivity index (χ0n) is 19.2. The van der Waals surface area contributed by atoms with E-state index in [1.807, 2.05) is 48.5 Å². The lowest BCUT2D eigenvalue weighted by Gasteiger charge is -2.33. The van der Waals surface area contributed by atoms with Gasteiger partial charge in [0.1, 0.15) is 6.61 Å². The molecule has 1 heterocycles. The van der Waals surface area contributed by atoms with Crippen LogP contribution in [0.5, 0.6) is 11.5 Å². The van der Waals surface area contributed by atoms with E-state index < -0.39 is 0 Å². The first-order valence-corrected chi connectivity index (χ1v) is 11.1. The fourth-order valence-corrected chi connectivity index (χ4v) is 3.75. The highest BCUT2D eigenvalue weighted by Gasteiger charge is 2.26. The first-order valence-electron chi connectivity index (χ1n) is 11.1. The average Bonchev–Trinajstić information content (AvgIpc) is 2.85. The molecule has 7 nitrogen and oxygen atoms in total. The summed E-state index contributed by atoms with van der Waals surface area (Å²) in [5, 5.41) is 3.36. The van der Waals surface area contributed by atoms with Crippen molar-refractivity contribution < 1.29 is 19.0 Å². The standard InChI is InChI=1S/C25H33N3O4/c1-4-26-25(28-14-12-21(13-15-28)24(29)31-3)27-17-20-10-11-22(23(16-20)30-2)32-18-19-8-6-5-7-9-19/h5-11,16,21H,4,12-15,17-18H2,1-3H3,(H,26,27). The number of aliphatic imine (C=N–C) groups is 1. The summed E-state index contributed by atoms with van der Waals surface area (Å²) in [6.45, 7) is 5.40. The highest BCUT2D eigenvalue weighted by Crippen LogP contribution is 2.29. The van der Waals surface area contributed by atoms with Gasteiger partial charge in [-0.15, -0.1) is 0 Å². The van der Waals surface area contributed by atoms with Crippen LogP contribution in [-0.4, -0.2) is 50.7 Å². The molecule has 1 N–H and O–H groups in total. The van der Waals surface area contributed by atoms with Crippen molar-refractivity contribution in [2.24, 2.45) is 10.9 Å². The molecule has 2 aromatic rings. The van der Waals surface area contributed by atoms with Gasteiger partial charge >= 0.3 is 5.97 Å². The minimum atomic E-state index is -0.117. The molecular weight excluding hydrogens is 406 g/mol. The zero-order chi connectivity index (χ0) is 22.8. The Morgan fingerprint density at radius 2 is 1.81 bits per heavy atom. The molecular formula is C25H33N3O4. The number of esters is 1. The molecule has 0 amide bonds. The van der Waals surface area contributed by atoms with Gasteiger partial charge in [-0.05, 0) is 43.0 Å². The number of nitrogens with zero attached hydrogens (tertiary/aromatic N) is 2. The van der Waals surface area contributed by atoms with E-state index in [9.17, 15) is 4.79 Å². The van der Waals surface area contributed by atoms with Crippen LogP contribution in [0.4, 0.5) is 0 Å². The molecule has 0 unspecified atom stereocenters. The largest absolute Gasteiger partial charge is 0.493 e. The van der Waals surface area contributed by atoms with Crippen molar-refractivity contribution in [3.05, 3.63) is 59.7 Å². The SMILES string of the molecule is CCNC(=NCc1ccc(OCc2ccccc2)c(OC)c1)N1CCC(C(=O)OC)CC1. The molecule has 3 rings (SSSR count). The molecule has 0 saturated carbocycles. The van der Waals surface area contributed by atoms with Crippen LogP contribution in [0.2, 0.25) is 0 Å². The maximum absolute atomic E-state index is 11.8. The van der Waals surface area contributed by atoms with Gasteiger partial charge in [-0.1, -0.05) is 36.4 Å². The van der Waals surface area contributed by atoms with Crippen LogP contribution in [0.3, 0.4) is 0 Å². The van der Waals surface area contributed by atoms with Gasteiger partial charge in [-0.2, -0.15) is 0 Å². The number of hydrogen-bond acceptors (Lipinski definition) is 5. The second-order valence-electron chi connectivity index (χ2n) is 7.71. The van der Waals surface area contributed by atoms with Gasteiger partial charge in [0.25, 0.3) is 0 Å². The second kappa shape index (κ2) is 12.0. The summed E-state index contributed by atoms with van der Waals surface area (Å²) in [6.07, 6.45) is 1.55. The first-order chi connectivity index (χ1) is 15.6. The molecule has 1 aliphatic heterocycles. The molecule has 32 heavy (non-hydrogen) atoms. The summed E-state index contributed by atoms with van der Waals surface area (Å²) < 4.78 is 16.4. The minimum Gasteiger partial charge on any atom is -0.493 e. The quantitative estimate of drug-likeness (QED) is 0.385. The normalized spacial score (nSPS) is 14.7.